The largest absolute Gasteiger partial charge is 0.463 e. The summed E-state index contributed by atoms with van der Waals surface area (Å²) in [6.45, 7) is 9.04. The summed E-state index contributed by atoms with van der Waals surface area (Å²) in [5.74, 6) is -1.11. The predicted octanol–water partition coefficient (Wildman–Crippen LogP) is 2.25. The number of carbonyl (C=O) groups excluding carboxylic acids is 2. The lowest BCUT2D eigenvalue weighted by molar-refractivity contribution is -0.190. The van der Waals surface area contributed by atoms with Gasteiger partial charge in [-0.15, -0.1) is 0 Å². The summed E-state index contributed by atoms with van der Waals surface area (Å²) in [6, 6.07) is -0.351. The van der Waals surface area contributed by atoms with Gasteiger partial charge in [0, 0.05) is 25.5 Å². The fourth-order valence-electron chi connectivity index (χ4n) is 2.85. The Morgan fingerprint density at radius 1 is 1.29 bits per heavy atom. The molecule has 0 N–H and O–H groups in total. The number of piperidine rings is 1. The normalized spacial score (nSPS) is 23.7. The van der Waals surface area contributed by atoms with Gasteiger partial charge >= 0.3 is 12.1 Å². The van der Waals surface area contributed by atoms with Crippen LogP contribution in [0.5, 0.6) is 0 Å². The van der Waals surface area contributed by atoms with E-state index in [2.05, 4.69) is 0 Å². The molecular weight excluding hydrogens is 314 g/mol. The quantitative estimate of drug-likeness (QED) is 0.579. The highest BCUT2D eigenvalue weighted by Crippen LogP contribution is 2.35. The standard InChI is InChI=1S/C17H27NO6/c1-5-21-14(19)7-6-13-12-17(22-10-11-23-17)8-9-18(13)15(20)24-16(2,3)4/h6-7,13H,5,8-12H2,1-4H3/b7-6+. The van der Waals surface area contributed by atoms with Gasteiger partial charge in [0.2, 0.25) is 0 Å². The maximum Gasteiger partial charge on any atom is 0.410 e. The third-order valence-electron chi connectivity index (χ3n) is 3.84. The molecule has 1 amide bonds. The Labute approximate surface area is 142 Å². The van der Waals surface area contributed by atoms with E-state index in [0.717, 1.165) is 0 Å². The number of amides is 1. The lowest BCUT2D eigenvalue weighted by atomic mass is 9.95. The van der Waals surface area contributed by atoms with E-state index >= 15 is 0 Å². The lowest BCUT2D eigenvalue weighted by Crippen LogP contribution is -2.53. The Hall–Kier alpha value is -1.60. The maximum absolute atomic E-state index is 12.5. The predicted molar refractivity (Wildman–Crippen MR) is 86.4 cm³/mol. The summed E-state index contributed by atoms with van der Waals surface area (Å²) in [5.41, 5.74) is -0.581. The molecular formula is C17H27NO6. The summed E-state index contributed by atoms with van der Waals surface area (Å²) in [7, 11) is 0. The van der Waals surface area contributed by atoms with Crippen LogP contribution in [0.15, 0.2) is 12.2 Å². The van der Waals surface area contributed by atoms with Crippen LogP contribution in [0.25, 0.3) is 0 Å². The smallest absolute Gasteiger partial charge is 0.410 e. The minimum absolute atomic E-state index is 0.305. The van der Waals surface area contributed by atoms with E-state index in [0.29, 0.717) is 39.2 Å². The van der Waals surface area contributed by atoms with Crippen LogP contribution in [0.1, 0.15) is 40.5 Å². The minimum atomic E-state index is -0.678. The van der Waals surface area contributed by atoms with Crippen LogP contribution < -0.4 is 0 Å². The van der Waals surface area contributed by atoms with Crippen molar-refractivity contribution in [1.29, 1.82) is 0 Å². The lowest BCUT2D eigenvalue weighted by Gasteiger charge is -2.42. The molecule has 24 heavy (non-hydrogen) atoms. The van der Waals surface area contributed by atoms with Crippen molar-refractivity contribution in [3.05, 3.63) is 12.2 Å². The van der Waals surface area contributed by atoms with Crippen LogP contribution in [0.2, 0.25) is 0 Å². The summed E-state index contributed by atoms with van der Waals surface area (Å²) >= 11 is 0. The zero-order valence-electron chi connectivity index (χ0n) is 14.9. The summed E-state index contributed by atoms with van der Waals surface area (Å²) in [5, 5.41) is 0. The van der Waals surface area contributed by atoms with Gasteiger partial charge in [0.15, 0.2) is 5.79 Å². The van der Waals surface area contributed by atoms with Gasteiger partial charge in [-0.25, -0.2) is 9.59 Å². The highest BCUT2D eigenvalue weighted by molar-refractivity contribution is 5.82. The Morgan fingerprint density at radius 3 is 2.54 bits per heavy atom. The number of likely N-dealkylation sites (tertiary alicyclic amines) is 1. The molecule has 136 valence electrons. The third kappa shape index (κ3) is 4.95. The Kier molecular flexibility index (Phi) is 5.87. The summed E-state index contributed by atoms with van der Waals surface area (Å²) < 4.78 is 21.9. The van der Waals surface area contributed by atoms with Crippen molar-refractivity contribution in [3.63, 3.8) is 0 Å². The Bertz CT molecular complexity index is 490. The second kappa shape index (κ2) is 7.53. The molecule has 0 aromatic rings. The molecule has 2 saturated heterocycles. The van der Waals surface area contributed by atoms with Crippen LogP contribution in [-0.4, -0.2) is 60.8 Å². The molecule has 1 spiro atoms. The average Bonchev–Trinajstić information content (AvgIpc) is 2.91. The van der Waals surface area contributed by atoms with E-state index < -0.39 is 23.5 Å². The van der Waals surface area contributed by atoms with Gasteiger partial charge in [-0.1, -0.05) is 6.08 Å². The number of ether oxygens (including phenoxy) is 4. The first-order valence-electron chi connectivity index (χ1n) is 8.37. The fraction of sp³-hybridized carbons (Fsp3) is 0.765. The Morgan fingerprint density at radius 2 is 1.96 bits per heavy atom. The van der Waals surface area contributed by atoms with E-state index in [1.165, 1.54) is 6.08 Å². The van der Waals surface area contributed by atoms with Crippen molar-refractivity contribution < 1.29 is 28.5 Å². The number of hydrogen-bond donors (Lipinski definition) is 0. The van der Waals surface area contributed by atoms with E-state index in [1.54, 1.807) is 17.9 Å². The first-order chi connectivity index (χ1) is 11.2. The summed E-state index contributed by atoms with van der Waals surface area (Å²) in [4.78, 5) is 25.7. The molecule has 2 heterocycles. The van der Waals surface area contributed by atoms with Gasteiger partial charge in [0.1, 0.15) is 5.60 Å². The maximum atomic E-state index is 12.5. The van der Waals surface area contributed by atoms with Crippen molar-refractivity contribution >= 4 is 12.1 Å². The number of nitrogens with zero attached hydrogens (tertiary/aromatic N) is 1. The third-order valence-corrected chi connectivity index (χ3v) is 3.84. The first-order valence-corrected chi connectivity index (χ1v) is 8.37. The molecule has 0 bridgehead atoms. The van der Waals surface area contributed by atoms with E-state index in [-0.39, 0.29) is 6.04 Å². The zero-order valence-corrected chi connectivity index (χ0v) is 14.9. The first kappa shape index (κ1) is 18.7. The average molecular weight is 341 g/mol. The highest BCUT2D eigenvalue weighted by atomic mass is 16.7. The molecule has 0 aliphatic carbocycles. The molecule has 2 fully saturated rings. The van der Waals surface area contributed by atoms with Crippen molar-refractivity contribution in [2.24, 2.45) is 0 Å². The SMILES string of the molecule is CCOC(=O)/C=C/C1CC2(CCN1C(=O)OC(C)(C)C)OCCO2. The molecule has 0 aromatic carbocycles. The molecule has 2 rings (SSSR count). The molecule has 7 nitrogen and oxygen atoms in total. The van der Waals surface area contributed by atoms with E-state index in [1.807, 2.05) is 20.8 Å². The van der Waals surface area contributed by atoms with Gasteiger partial charge in [0.05, 0.1) is 25.9 Å². The van der Waals surface area contributed by atoms with Gasteiger partial charge in [-0.2, -0.15) is 0 Å². The highest BCUT2D eigenvalue weighted by Gasteiger charge is 2.45. The number of rotatable bonds is 3. The van der Waals surface area contributed by atoms with Crippen molar-refractivity contribution in [3.8, 4) is 0 Å². The van der Waals surface area contributed by atoms with Crippen molar-refractivity contribution in [1.82, 2.24) is 4.90 Å². The van der Waals surface area contributed by atoms with Crippen molar-refractivity contribution in [2.75, 3.05) is 26.4 Å². The molecule has 2 aliphatic heterocycles. The minimum Gasteiger partial charge on any atom is -0.463 e. The molecule has 1 atom stereocenters. The van der Waals surface area contributed by atoms with Crippen LogP contribution >= 0.6 is 0 Å². The molecule has 1 unspecified atom stereocenters. The van der Waals surface area contributed by atoms with Gasteiger partial charge in [0.25, 0.3) is 0 Å². The number of esters is 1. The number of hydrogen-bond acceptors (Lipinski definition) is 6. The molecule has 7 heteroatoms. The van der Waals surface area contributed by atoms with Crippen LogP contribution in [-0.2, 0) is 23.7 Å². The molecule has 0 radical (unpaired) electrons. The molecule has 0 saturated carbocycles. The van der Waals surface area contributed by atoms with Gasteiger partial charge in [-0.3, -0.25) is 0 Å². The molecule has 0 aromatic heterocycles. The zero-order chi connectivity index (χ0) is 17.8. The van der Waals surface area contributed by atoms with E-state index in [9.17, 15) is 9.59 Å². The second-order valence-electron chi connectivity index (χ2n) is 6.91. The second-order valence-corrected chi connectivity index (χ2v) is 6.91. The topological polar surface area (TPSA) is 74.3 Å². The van der Waals surface area contributed by atoms with Gasteiger partial charge < -0.3 is 23.8 Å². The Balaban J connectivity index is 2.12. The van der Waals surface area contributed by atoms with Gasteiger partial charge in [-0.05, 0) is 27.7 Å². The van der Waals surface area contributed by atoms with Crippen LogP contribution in [0, 0.1) is 0 Å². The van der Waals surface area contributed by atoms with E-state index in [4.69, 9.17) is 18.9 Å². The fourth-order valence-corrected chi connectivity index (χ4v) is 2.85. The van der Waals surface area contributed by atoms with Crippen LogP contribution in [0.3, 0.4) is 0 Å². The summed E-state index contributed by atoms with van der Waals surface area (Å²) in [6.07, 6.45) is 3.64. The monoisotopic (exact) mass is 341 g/mol. The number of carbonyl (C=O) groups is 2. The molecule has 2 aliphatic rings. The van der Waals surface area contributed by atoms with Crippen LogP contribution in [0.4, 0.5) is 4.79 Å². The van der Waals surface area contributed by atoms with Crippen molar-refractivity contribution in [2.45, 2.75) is 58.0 Å².